The van der Waals surface area contributed by atoms with E-state index in [1.54, 1.807) is 30.5 Å². The fourth-order valence-electron chi connectivity index (χ4n) is 1.80. The molecule has 2 N–H and O–H groups in total. The van der Waals surface area contributed by atoms with Crippen LogP contribution in [-0.4, -0.2) is 22.7 Å². The van der Waals surface area contributed by atoms with E-state index >= 15 is 0 Å². The predicted molar refractivity (Wildman–Crippen MR) is 75.8 cm³/mol. The second-order valence-electron chi connectivity index (χ2n) is 4.14. The third kappa shape index (κ3) is 3.47. The highest BCUT2D eigenvalue weighted by Crippen LogP contribution is 2.20. The minimum Gasteiger partial charge on any atom is -0.479 e. The van der Waals surface area contributed by atoms with Crippen LogP contribution >= 0.6 is 0 Å². The van der Waals surface area contributed by atoms with E-state index in [-0.39, 0.29) is 0 Å². The van der Waals surface area contributed by atoms with Gasteiger partial charge in [-0.05, 0) is 18.6 Å². The first-order valence-corrected chi connectivity index (χ1v) is 6.34. The maximum Gasteiger partial charge on any atom is 0.330 e. The summed E-state index contributed by atoms with van der Waals surface area (Å²) in [5.41, 5.74) is 1.32. The standard InChI is InChI=1S/C15H16N2O3/c1-2-20-13-9-8-12(10-16-13)17-14(15(18)19)11-6-4-3-5-7-11/h3-10,14,17H,2H2,1H3,(H,18,19). The van der Waals surface area contributed by atoms with Gasteiger partial charge < -0.3 is 15.2 Å². The first kappa shape index (κ1) is 13.9. The number of rotatable bonds is 6. The second-order valence-corrected chi connectivity index (χ2v) is 4.14. The van der Waals surface area contributed by atoms with Gasteiger partial charge >= 0.3 is 5.97 Å². The van der Waals surface area contributed by atoms with Crippen LogP contribution in [0.4, 0.5) is 5.69 Å². The van der Waals surface area contributed by atoms with Crippen molar-refractivity contribution >= 4 is 11.7 Å². The van der Waals surface area contributed by atoms with Gasteiger partial charge in [0.1, 0.15) is 0 Å². The Morgan fingerprint density at radius 1 is 1.30 bits per heavy atom. The van der Waals surface area contributed by atoms with Crippen LogP contribution in [0.25, 0.3) is 0 Å². The number of nitrogens with one attached hydrogen (secondary N) is 1. The Bertz CT molecular complexity index is 555. The summed E-state index contributed by atoms with van der Waals surface area (Å²) in [6.45, 7) is 2.42. The fourth-order valence-corrected chi connectivity index (χ4v) is 1.80. The first-order chi connectivity index (χ1) is 9.70. The summed E-state index contributed by atoms with van der Waals surface area (Å²) in [4.78, 5) is 15.5. The van der Waals surface area contributed by atoms with Crippen LogP contribution in [0.2, 0.25) is 0 Å². The lowest BCUT2D eigenvalue weighted by molar-refractivity contribution is -0.138. The number of hydrogen-bond donors (Lipinski definition) is 2. The number of carboxylic acid groups (broad SMARTS) is 1. The zero-order valence-electron chi connectivity index (χ0n) is 11.1. The summed E-state index contributed by atoms with van der Waals surface area (Å²) < 4.78 is 5.24. The lowest BCUT2D eigenvalue weighted by Crippen LogP contribution is -2.20. The van der Waals surface area contributed by atoms with Crippen molar-refractivity contribution < 1.29 is 14.6 Å². The van der Waals surface area contributed by atoms with E-state index in [0.29, 0.717) is 23.7 Å². The third-order valence-corrected chi connectivity index (χ3v) is 2.72. The van der Waals surface area contributed by atoms with Crippen molar-refractivity contribution in [2.75, 3.05) is 11.9 Å². The zero-order valence-corrected chi connectivity index (χ0v) is 11.1. The number of carbonyl (C=O) groups is 1. The van der Waals surface area contributed by atoms with Gasteiger partial charge in [0.2, 0.25) is 5.88 Å². The van der Waals surface area contributed by atoms with E-state index in [4.69, 9.17) is 4.74 Å². The Kier molecular flexibility index (Phi) is 4.55. The molecule has 1 unspecified atom stereocenters. The number of nitrogens with zero attached hydrogens (tertiary/aromatic N) is 1. The maximum absolute atomic E-state index is 11.4. The van der Waals surface area contributed by atoms with Crippen molar-refractivity contribution in [2.24, 2.45) is 0 Å². The molecule has 2 aromatic rings. The minimum absolute atomic E-state index is 0.518. The molecule has 104 valence electrons. The van der Waals surface area contributed by atoms with Gasteiger partial charge in [-0.2, -0.15) is 0 Å². The molecule has 0 spiro atoms. The summed E-state index contributed by atoms with van der Waals surface area (Å²) in [6, 6.07) is 11.7. The van der Waals surface area contributed by atoms with E-state index in [2.05, 4.69) is 10.3 Å². The molecule has 1 atom stereocenters. The Morgan fingerprint density at radius 2 is 2.05 bits per heavy atom. The van der Waals surface area contributed by atoms with Crippen LogP contribution in [0.15, 0.2) is 48.7 Å². The fraction of sp³-hybridized carbons (Fsp3) is 0.200. The molecule has 1 aromatic carbocycles. The SMILES string of the molecule is CCOc1ccc(NC(C(=O)O)c2ccccc2)cn1. The molecule has 0 fully saturated rings. The molecule has 0 radical (unpaired) electrons. The number of aromatic nitrogens is 1. The van der Waals surface area contributed by atoms with Crippen molar-refractivity contribution in [3.05, 3.63) is 54.2 Å². The van der Waals surface area contributed by atoms with Crippen molar-refractivity contribution in [3.8, 4) is 5.88 Å². The molecule has 0 amide bonds. The molecule has 0 aliphatic rings. The molecule has 1 heterocycles. The number of ether oxygens (including phenoxy) is 1. The van der Waals surface area contributed by atoms with Crippen LogP contribution in [0.3, 0.4) is 0 Å². The second kappa shape index (κ2) is 6.56. The molecule has 20 heavy (non-hydrogen) atoms. The van der Waals surface area contributed by atoms with Crippen molar-refractivity contribution in [1.82, 2.24) is 4.98 Å². The number of pyridine rings is 1. The average Bonchev–Trinajstić information content (AvgIpc) is 2.47. The molecular weight excluding hydrogens is 256 g/mol. The summed E-state index contributed by atoms with van der Waals surface area (Å²) >= 11 is 0. The number of hydrogen-bond acceptors (Lipinski definition) is 4. The smallest absolute Gasteiger partial charge is 0.330 e. The Balaban J connectivity index is 2.14. The van der Waals surface area contributed by atoms with Crippen LogP contribution in [-0.2, 0) is 4.79 Å². The molecule has 1 aromatic heterocycles. The number of aliphatic carboxylic acids is 1. The average molecular weight is 272 g/mol. The topological polar surface area (TPSA) is 71.5 Å². The molecule has 0 bridgehead atoms. The largest absolute Gasteiger partial charge is 0.479 e. The van der Waals surface area contributed by atoms with E-state index in [9.17, 15) is 9.90 Å². The highest BCUT2D eigenvalue weighted by atomic mass is 16.5. The van der Waals surface area contributed by atoms with Crippen molar-refractivity contribution in [1.29, 1.82) is 0 Å². The summed E-state index contributed by atoms with van der Waals surface area (Å²) in [6.07, 6.45) is 1.56. The van der Waals surface area contributed by atoms with Gasteiger partial charge in [-0.3, -0.25) is 0 Å². The molecule has 0 aliphatic carbocycles. The molecule has 2 rings (SSSR count). The van der Waals surface area contributed by atoms with E-state index in [1.165, 1.54) is 0 Å². The minimum atomic E-state index is -0.940. The van der Waals surface area contributed by atoms with Gasteiger partial charge in [-0.15, -0.1) is 0 Å². The summed E-state index contributed by atoms with van der Waals surface area (Å²) in [7, 11) is 0. The lowest BCUT2D eigenvalue weighted by atomic mass is 10.1. The van der Waals surface area contributed by atoms with Gasteiger partial charge in [0.25, 0.3) is 0 Å². The molecule has 0 saturated carbocycles. The zero-order chi connectivity index (χ0) is 14.4. The summed E-state index contributed by atoms with van der Waals surface area (Å²) in [5, 5.41) is 12.3. The van der Waals surface area contributed by atoms with Crippen LogP contribution in [0.5, 0.6) is 5.88 Å². The molecule has 5 nitrogen and oxygen atoms in total. The lowest BCUT2D eigenvalue weighted by Gasteiger charge is -2.16. The Labute approximate surface area is 117 Å². The van der Waals surface area contributed by atoms with Gasteiger partial charge in [0.05, 0.1) is 18.5 Å². The van der Waals surface area contributed by atoms with Gasteiger partial charge in [-0.1, -0.05) is 30.3 Å². The molecule has 5 heteroatoms. The van der Waals surface area contributed by atoms with Gasteiger partial charge in [-0.25, -0.2) is 9.78 Å². The Hall–Kier alpha value is -2.56. The monoisotopic (exact) mass is 272 g/mol. The van der Waals surface area contributed by atoms with Gasteiger partial charge in [0.15, 0.2) is 6.04 Å². The number of anilines is 1. The number of carboxylic acids is 1. The maximum atomic E-state index is 11.4. The van der Waals surface area contributed by atoms with Crippen LogP contribution in [0, 0.1) is 0 Å². The summed E-state index contributed by atoms with van der Waals surface area (Å²) in [5.74, 6) is -0.422. The Morgan fingerprint density at radius 3 is 2.60 bits per heavy atom. The predicted octanol–water partition coefficient (Wildman–Crippen LogP) is 2.72. The van der Waals surface area contributed by atoms with E-state index in [1.807, 2.05) is 25.1 Å². The van der Waals surface area contributed by atoms with Crippen LogP contribution in [0.1, 0.15) is 18.5 Å². The molecule has 0 saturated heterocycles. The van der Waals surface area contributed by atoms with E-state index in [0.717, 1.165) is 0 Å². The molecule has 0 aliphatic heterocycles. The first-order valence-electron chi connectivity index (χ1n) is 6.34. The van der Waals surface area contributed by atoms with Crippen molar-refractivity contribution in [2.45, 2.75) is 13.0 Å². The quantitative estimate of drug-likeness (QED) is 0.846. The molecular formula is C15H16N2O3. The van der Waals surface area contributed by atoms with Crippen molar-refractivity contribution in [3.63, 3.8) is 0 Å². The number of benzene rings is 1. The van der Waals surface area contributed by atoms with E-state index < -0.39 is 12.0 Å². The van der Waals surface area contributed by atoms with Crippen LogP contribution < -0.4 is 10.1 Å². The highest BCUT2D eigenvalue weighted by Gasteiger charge is 2.19. The normalized spacial score (nSPS) is 11.7. The third-order valence-electron chi connectivity index (χ3n) is 2.72. The van der Waals surface area contributed by atoms with Gasteiger partial charge in [0, 0.05) is 6.07 Å². The highest BCUT2D eigenvalue weighted by molar-refractivity contribution is 5.79.